The molecule has 0 amide bonds. The van der Waals surface area contributed by atoms with Crippen molar-refractivity contribution in [1.82, 2.24) is 0 Å². The van der Waals surface area contributed by atoms with Crippen LogP contribution in [0.3, 0.4) is 0 Å². The van der Waals surface area contributed by atoms with Crippen molar-refractivity contribution in [3.8, 4) is 0 Å². The SMILES string of the molecule is Cl[C@@H]1CSC[C@@H]1Cl. The summed E-state index contributed by atoms with van der Waals surface area (Å²) in [7, 11) is 0. The molecule has 1 aliphatic heterocycles. The van der Waals surface area contributed by atoms with Gasteiger partial charge in [-0.05, 0) is 0 Å². The van der Waals surface area contributed by atoms with Crippen molar-refractivity contribution < 1.29 is 0 Å². The van der Waals surface area contributed by atoms with Crippen LogP contribution < -0.4 is 0 Å². The minimum atomic E-state index is 0.215. The Morgan fingerprint density at radius 2 is 1.57 bits per heavy atom. The predicted molar refractivity (Wildman–Crippen MR) is 36.6 cm³/mol. The van der Waals surface area contributed by atoms with Gasteiger partial charge in [-0.15, -0.1) is 23.2 Å². The van der Waals surface area contributed by atoms with Crippen LogP contribution in [-0.2, 0) is 0 Å². The van der Waals surface area contributed by atoms with Crippen LogP contribution in [0, 0.1) is 0 Å². The molecule has 0 aromatic carbocycles. The molecule has 3 heteroatoms. The van der Waals surface area contributed by atoms with Crippen molar-refractivity contribution in [1.29, 1.82) is 0 Å². The van der Waals surface area contributed by atoms with E-state index < -0.39 is 0 Å². The Hall–Kier alpha value is 0.930. The fraction of sp³-hybridized carbons (Fsp3) is 1.00. The van der Waals surface area contributed by atoms with Crippen molar-refractivity contribution in [2.45, 2.75) is 10.8 Å². The summed E-state index contributed by atoms with van der Waals surface area (Å²) in [6, 6.07) is 0. The smallest absolute Gasteiger partial charge is 0.0598 e. The second-order valence-electron chi connectivity index (χ2n) is 1.57. The van der Waals surface area contributed by atoms with Gasteiger partial charge >= 0.3 is 0 Å². The molecule has 1 saturated heterocycles. The van der Waals surface area contributed by atoms with Gasteiger partial charge in [0.15, 0.2) is 0 Å². The van der Waals surface area contributed by atoms with E-state index in [1.54, 1.807) is 0 Å². The summed E-state index contributed by atoms with van der Waals surface area (Å²) in [5.41, 5.74) is 0. The molecule has 0 saturated carbocycles. The van der Waals surface area contributed by atoms with E-state index in [9.17, 15) is 0 Å². The number of hydrogen-bond donors (Lipinski definition) is 0. The van der Waals surface area contributed by atoms with Gasteiger partial charge in [-0.1, -0.05) is 0 Å². The van der Waals surface area contributed by atoms with Crippen molar-refractivity contribution in [3.05, 3.63) is 0 Å². The number of thioether (sulfide) groups is 1. The van der Waals surface area contributed by atoms with Crippen LogP contribution in [0.4, 0.5) is 0 Å². The van der Waals surface area contributed by atoms with Gasteiger partial charge in [0.25, 0.3) is 0 Å². The second-order valence-corrected chi connectivity index (χ2v) is 3.77. The standard InChI is InChI=1S/C4H6Cl2S/c5-3-1-7-2-4(3)6/h3-4H,1-2H2/t3-,4+. The molecule has 0 aliphatic carbocycles. The van der Waals surface area contributed by atoms with Crippen LogP contribution in [0.15, 0.2) is 0 Å². The van der Waals surface area contributed by atoms with Crippen molar-refractivity contribution in [3.63, 3.8) is 0 Å². The highest BCUT2D eigenvalue weighted by atomic mass is 35.5. The Labute approximate surface area is 57.6 Å². The third kappa shape index (κ3) is 1.41. The van der Waals surface area contributed by atoms with Crippen LogP contribution in [0.5, 0.6) is 0 Å². The molecule has 0 nitrogen and oxygen atoms in total. The third-order valence-corrected chi connectivity index (χ3v) is 3.55. The first-order valence-electron chi connectivity index (χ1n) is 2.16. The van der Waals surface area contributed by atoms with E-state index in [2.05, 4.69) is 0 Å². The lowest BCUT2D eigenvalue weighted by atomic mass is 10.4. The van der Waals surface area contributed by atoms with E-state index >= 15 is 0 Å². The fourth-order valence-corrected chi connectivity index (χ4v) is 2.48. The maximum absolute atomic E-state index is 5.71. The third-order valence-electron chi connectivity index (χ3n) is 0.947. The van der Waals surface area contributed by atoms with Crippen molar-refractivity contribution in [2.24, 2.45) is 0 Å². The molecule has 1 aliphatic rings. The molecule has 1 heterocycles. The van der Waals surface area contributed by atoms with Crippen LogP contribution in [-0.4, -0.2) is 22.3 Å². The molecular formula is C4H6Cl2S. The molecule has 0 aromatic rings. The summed E-state index contributed by atoms with van der Waals surface area (Å²) < 4.78 is 0. The summed E-state index contributed by atoms with van der Waals surface area (Å²) in [6.07, 6.45) is 0. The Kier molecular flexibility index (Phi) is 2.14. The Morgan fingerprint density at radius 3 is 1.71 bits per heavy atom. The molecule has 0 bridgehead atoms. The van der Waals surface area contributed by atoms with Crippen molar-refractivity contribution in [2.75, 3.05) is 11.5 Å². The fourth-order valence-electron chi connectivity index (χ4n) is 0.502. The van der Waals surface area contributed by atoms with E-state index in [-0.39, 0.29) is 10.8 Å². The highest BCUT2D eigenvalue weighted by Crippen LogP contribution is 2.26. The Morgan fingerprint density at radius 1 is 1.14 bits per heavy atom. The van der Waals surface area contributed by atoms with Gasteiger partial charge in [0.05, 0.1) is 10.8 Å². The Balaban J connectivity index is 2.33. The van der Waals surface area contributed by atoms with Crippen molar-refractivity contribution >= 4 is 35.0 Å². The zero-order valence-electron chi connectivity index (χ0n) is 3.73. The van der Waals surface area contributed by atoms with Crippen LogP contribution in [0.2, 0.25) is 0 Å². The zero-order valence-corrected chi connectivity index (χ0v) is 6.06. The maximum Gasteiger partial charge on any atom is 0.0598 e. The molecule has 1 fully saturated rings. The average Bonchev–Trinajstić information content (AvgIpc) is 1.91. The van der Waals surface area contributed by atoms with Gasteiger partial charge in [-0.25, -0.2) is 0 Å². The van der Waals surface area contributed by atoms with E-state index in [0.717, 1.165) is 11.5 Å². The second kappa shape index (κ2) is 2.47. The summed E-state index contributed by atoms with van der Waals surface area (Å²) >= 11 is 13.2. The van der Waals surface area contributed by atoms with Gasteiger partial charge in [-0.3, -0.25) is 0 Å². The molecule has 7 heavy (non-hydrogen) atoms. The largest absolute Gasteiger partial charge is 0.159 e. The number of rotatable bonds is 0. The molecule has 42 valence electrons. The number of halogens is 2. The van der Waals surface area contributed by atoms with Gasteiger partial charge in [0, 0.05) is 11.5 Å². The minimum absolute atomic E-state index is 0.215. The summed E-state index contributed by atoms with van der Waals surface area (Å²) in [6.45, 7) is 0. The Bertz CT molecular complexity index is 58.7. The normalized spacial score (nSPS) is 42.0. The lowest BCUT2D eigenvalue weighted by Gasteiger charge is -1.98. The minimum Gasteiger partial charge on any atom is -0.159 e. The summed E-state index contributed by atoms with van der Waals surface area (Å²) in [4.78, 5) is 0. The summed E-state index contributed by atoms with van der Waals surface area (Å²) in [5.74, 6) is 2.05. The predicted octanol–water partition coefficient (Wildman–Crippen LogP) is 1.95. The molecule has 0 spiro atoms. The van der Waals surface area contributed by atoms with E-state index in [0.29, 0.717) is 0 Å². The molecule has 2 atom stereocenters. The first kappa shape index (κ1) is 6.06. The molecule has 0 radical (unpaired) electrons. The zero-order chi connectivity index (χ0) is 5.28. The monoisotopic (exact) mass is 156 g/mol. The van der Waals surface area contributed by atoms with Gasteiger partial charge in [0.2, 0.25) is 0 Å². The first-order chi connectivity index (χ1) is 3.30. The summed E-state index contributed by atoms with van der Waals surface area (Å²) in [5, 5.41) is 0.429. The van der Waals surface area contributed by atoms with Gasteiger partial charge < -0.3 is 0 Å². The molecule has 0 unspecified atom stereocenters. The highest BCUT2D eigenvalue weighted by Gasteiger charge is 2.22. The molecule has 1 rings (SSSR count). The lowest BCUT2D eigenvalue weighted by molar-refractivity contribution is 0.967. The van der Waals surface area contributed by atoms with E-state index in [1.165, 1.54) is 0 Å². The van der Waals surface area contributed by atoms with Crippen LogP contribution >= 0.6 is 35.0 Å². The highest BCUT2D eigenvalue weighted by molar-refractivity contribution is 7.99. The van der Waals surface area contributed by atoms with E-state index in [1.807, 2.05) is 11.8 Å². The molecular weight excluding hydrogens is 151 g/mol. The number of alkyl halides is 2. The lowest BCUT2D eigenvalue weighted by Crippen LogP contribution is -2.09. The van der Waals surface area contributed by atoms with Crippen LogP contribution in [0.1, 0.15) is 0 Å². The van der Waals surface area contributed by atoms with Gasteiger partial charge in [0.1, 0.15) is 0 Å². The van der Waals surface area contributed by atoms with E-state index in [4.69, 9.17) is 23.2 Å². The maximum atomic E-state index is 5.71. The average molecular weight is 157 g/mol. The molecule has 0 aromatic heterocycles. The van der Waals surface area contributed by atoms with Gasteiger partial charge in [-0.2, -0.15) is 11.8 Å². The van der Waals surface area contributed by atoms with Crippen LogP contribution in [0.25, 0.3) is 0 Å². The first-order valence-corrected chi connectivity index (χ1v) is 4.19. The molecule has 0 N–H and O–H groups in total. The quantitative estimate of drug-likeness (QED) is 0.484. The topological polar surface area (TPSA) is 0 Å². The number of hydrogen-bond acceptors (Lipinski definition) is 1.